The van der Waals surface area contributed by atoms with Gasteiger partial charge in [-0.2, -0.15) is 5.10 Å². The van der Waals surface area contributed by atoms with Crippen molar-refractivity contribution in [2.75, 3.05) is 6.54 Å². The van der Waals surface area contributed by atoms with E-state index in [-0.39, 0.29) is 18.0 Å². The Balaban J connectivity index is 1.45. The Morgan fingerprint density at radius 2 is 2.04 bits per heavy atom. The molecular weight excluding hydrogens is 333 g/mol. The zero-order valence-electron chi connectivity index (χ0n) is 15.5. The Bertz CT molecular complexity index is 702. The third-order valence-corrected chi connectivity index (χ3v) is 4.95. The molecule has 2 aromatic rings. The molecule has 2 N–H and O–H groups in total. The van der Waals surface area contributed by atoms with Gasteiger partial charge in [-0.15, -0.1) is 0 Å². The molecule has 1 aliphatic rings. The van der Waals surface area contributed by atoms with Gasteiger partial charge < -0.3 is 15.2 Å². The van der Waals surface area contributed by atoms with Crippen molar-refractivity contribution in [1.82, 2.24) is 15.1 Å². The summed E-state index contributed by atoms with van der Waals surface area (Å²) in [6.45, 7) is 5.76. The molecule has 1 saturated carbocycles. The van der Waals surface area contributed by atoms with Gasteiger partial charge in [0.05, 0.1) is 5.69 Å². The lowest BCUT2D eigenvalue weighted by molar-refractivity contribution is -0.0153. The summed E-state index contributed by atoms with van der Waals surface area (Å²) in [5, 5.41) is 18.6. The van der Waals surface area contributed by atoms with Crippen LogP contribution in [-0.2, 0) is 6.54 Å². The number of aromatic nitrogens is 2. The highest BCUT2D eigenvalue weighted by molar-refractivity contribution is 5.22. The molecule has 1 fully saturated rings. The number of rotatable bonds is 7. The van der Waals surface area contributed by atoms with Crippen molar-refractivity contribution in [3.8, 4) is 5.75 Å². The fourth-order valence-electron chi connectivity index (χ4n) is 3.60. The molecule has 1 aromatic heterocycles. The van der Waals surface area contributed by atoms with Crippen molar-refractivity contribution in [2.24, 2.45) is 0 Å². The predicted octanol–water partition coefficient (Wildman–Crippen LogP) is 2.98. The van der Waals surface area contributed by atoms with Gasteiger partial charge in [-0.3, -0.25) is 4.68 Å². The number of halogens is 1. The zero-order valence-corrected chi connectivity index (χ0v) is 15.5. The van der Waals surface area contributed by atoms with Crippen LogP contribution in [0, 0.1) is 19.7 Å². The summed E-state index contributed by atoms with van der Waals surface area (Å²) in [7, 11) is 0. The topological polar surface area (TPSA) is 59.3 Å². The number of benzene rings is 1. The summed E-state index contributed by atoms with van der Waals surface area (Å²) in [6.07, 6.45) is 2.87. The Morgan fingerprint density at radius 1 is 1.27 bits per heavy atom. The Morgan fingerprint density at radius 3 is 2.73 bits per heavy atom. The largest absolute Gasteiger partial charge is 0.488 e. The van der Waals surface area contributed by atoms with Gasteiger partial charge in [-0.05, 0) is 76.4 Å². The van der Waals surface area contributed by atoms with Gasteiger partial charge in [0, 0.05) is 18.3 Å². The molecule has 0 saturated heterocycles. The average molecular weight is 361 g/mol. The zero-order chi connectivity index (χ0) is 18.5. The van der Waals surface area contributed by atoms with Gasteiger partial charge in [-0.25, -0.2) is 4.39 Å². The van der Waals surface area contributed by atoms with E-state index in [9.17, 15) is 9.50 Å². The summed E-state index contributed by atoms with van der Waals surface area (Å²) in [6, 6.07) is 8.06. The van der Waals surface area contributed by atoms with E-state index in [2.05, 4.69) is 23.4 Å². The first-order chi connectivity index (χ1) is 12.5. The fraction of sp³-hybridized carbons (Fsp3) is 0.550. The van der Waals surface area contributed by atoms with Crippen LogP contribution in [0.15, 0.2) is 30.3 Å². The van der Waals surface area contributed by atoms with E-state index < -0.39 is 6.10 Å². The number of hydrogen-bond donors (Lipinski definition) is 2. The molecule has 0 bridgehead atoms. The van der Waals surface area contributed by atoms with Crippen LogP contribution in [0.4, 0.5) is 4.39 Å². The van der Waals surface area contributed by atoms with E-state index in [0.717, 1.165) is 44.5 Å². The number of aliphatic hydroxyl groups is 1. The molecule has 0 unspecified atom stereocenters. The van der Waals surface area contributed by atoms with Crippen LogP contribution in [0.5, 0.6) is 5.75 Å². The average Bonchev–Trinajstić information content (AvgIpc) is 2.94. The predicted molar refractivity (Wildman–Crippen MR) is 98.8 cm³/mol. The molecule has 0 spiro atoms. The normalized spacial score (nSPS) is 23.2. The minimum Gasteiger partial charge on any atom is -0.488 e. The van der Waals surface area contributed by atoms with Crippen LogP contribution >= 0.6 is 0 Å². The number of hydrogen-bond acceptors (Lipinski definition) is 4. The molecule has 1 aromatic carbocycles. The summed E-state index contributed by atoms with van der Waals surface area (Å²) in [5.41, 5.74) is 2.21. The Labute approximate surface area is 154 Å². The van der Waals surface area contributed by atoms with E-state index in [0.29, 0.717) is 5.75 Å². The summed E-state index contributed by atoms with van der Waals surface area (Å²) in [4.78, 5) is 0. The van der Waals surface area contributed by atoms with Crippen molar-refractivity contribution in [2.45, 2.75) is 64.3 Å². The van der Waals surface area contributed by atoms with E-state index in [4.69, 9.17) is 4.74 Å². The Hall–Kier alpha value is -1.92. The lowest BCUT2D eigenvalue weighted by Gasteiger charge is -2.35. The maximum atomic E-state index is 13.0. The molecule has 26 heavy (non-hydrogen) atoms. The quantitative estimate of drug-likeness (QED) is 0.745. The molecule has 5 nitrogen and oxygen atoms in total. The second-order valence-corrected chi connectivity index (χ2v) is 7.10. The fourth-order valence-corrected chi connectivity index (χ4v) is 3.60. The molecule has 3 rings (SSSR count). The van der Waals surface area contributed by atoms with Gasteiger partial charge in [0.2, 0.25) is 0 Å². The highest BCUT2D eigenvalue weighted by atomic mass is 19.1. The second-order valence-electron chi connectivity index (χ2n) is 7.10. The molecule has 0 amide bonds. The van der Waals surface area contributed by atoms with Gasteiger partial charge in [0.15, 0.2) is 0 Å². The van der Waals surface area contributed by atoms with Crippen LogP contribution in [0.3, 0.4) is 0 Å². The molecule has 3 atom stereocenters. The third kappa shape index (κ3) is 4.83. The monoisotopic (exact) mass is 361 g/mol. The maximum Gasteiger partial charge on any atom is 0.126 e. The minimum atomic E-state index is -0.567. The number of aryl methyl sites for hydroxylation is 3. The van der Waals surface area contributed by atoms with Gasteiger partial charge in [0.1, 0.15) is 23.8 Å². The Kier molecular flexibility index (Phi) is 6.27. The first kappa shape index (κ1) is 18.9. The lowest BCUT2D eigenvalue weighted by Crippen LogP contribution is -2.51. The number of nitrogens with zero attached hydrogens (tertiary/aromatic N) is 2. The van der Waals surface area contributed by atoms with Crippen molar-refractivity contribution < 1.29 is 14.2 Å². The van der Waals surface area contributed by atoms with Gasteiger partial charge >= 0.3 is 0 Å². The summed E-state index contributed by atoms with van der Waals surface area (Å²) >= 11 is 0. The molecule has 142 valence electrons. The number of ether oxygens (including phenoxy) is 1. The number of aliphatic hydroxyl groups excluding tert-OH is 1. The second kappa shape index (κ2) is 8.64. The van der Waals surface area contributed by atoms with E-state index >= 15 is 0 Å². The lowest BCUT2D eigenvalue weighted by atomic mass is 9.89. The SMILES string of the molecule is Cc1cc(C)n(CCCN[C@H]2CCC[C@@H](Oc3ccc(F)cc3)[C@@H]2O)n1. The maximum absolute atomic E-state index is 13.0. The summed E-state index contributed by atoms with van der Waals surface area (Å²) in [5.74, 6) is 0.310. The molecule has 0 aliphatic heterocycles. The highest BCUT2D eigenvalue weighted by Gasteiger charge is 2.32. The smallest absolute Gasteiger partial charge is 0.126 e. The van der Waals surface area contributed by atoms with Gasteiger partial charge in [0.25, 0.3) is 0 Å². The van der Waals surface area contributed by atoms with Crippen molar-refractivity contribution in [3.05, 3.63) is 47.5 Å². The van der Waals surface area contributed by atoms with Gasteiger partial charge in [-0.1, -0.05) is 0 Å². The van der Waals surface area contributed by atoms with E-state index in [1.807, 2.05) is 11.6 Å². The van der Waals surface area contributed by atoms with Crippen LogP contribution in [0.25, 0.3) is 0 Å². The first-order valence-electron chi connectivity index (χ1n) is 9.37. The van der Waals surface area contributed by atoms with Crippen molar-refractivity contribution in [3.63, 3.8) is 0 Å². The highest BCUT2D eigenvalue weighted by Crippen LogP contribution is 2.24. The van der Waals surface area contributed by atoms with Crippen LogP contribution in [0.2, 0.25) is 0 Å². The van der Waals surface area contributed by atoms with E-state index in [1.54, 1.807) is 12.1 Å². The molecule has 1 aliphatic carbocycles. The standard InChI is InChI=1S/C20H28FN3O2/c1-14-13-15(2)24(23-14)12-4-11-22-18-5-3-6-19(20(18)25)26-17-9-7-16(21)8-10-17/h7-10,13,18-20,22,25H,3-6,11-12H2,1-2H3/t18-,19+,20+/m0/s1. The molecular formula is C20H28FN3O2. The van der Waals surface area contributed by atoms with Crippen LogP contribution in [0.1, 0.15) is 37.1 Å². The van der Waals surface area contributed by atoms with Crippen molar-refractivity contribution in [1.29, 1.82) is 0 Å². The van der Waals surface area contributed by atoms with Crippen molar-refractivity contribution >= 4 is 0 Å². The summed E-state index contributed by atoms with van der Waals surface area (Å²) < 4.78 is 20.9. The number of nitrogens with one attached hydrogen (secondary N) is 1. The third-order valence-electron chi connectivity index (χ3n) is 4.95. The molecule has 0 radical (unpaired) electrons. The van der Waals surface area contributed by atoms with Crippen LogP contribution < -0.4 is 10.1 Å². The first-order valence-corrected chi connectivity index (χ1v) is 9.37. The van der Waals surface area contributed by atoms with E-state index in [1.165, 1.54) is 17.8 Å². The molecule has 6 heteroatoms. The van der Waals surface area contributed by atoms with Crippen LogP contribution in [-0.4, -0.2) is 39.7 Å². The minimum absolute atomic E-state index is 0.0228. The molecule has 1 heterocycles.